The molecule has 4 heteroatoms. The highest BCUT2D eigenvalue weighted by Gasteiger charge is 2.09. The molecule has 3 nitrogen and oxygen atoms in total. The average molecular weight is 283 g/mol. The largest absolute Gasteiger partial charge is 0.399 e. The van der Waals surface area contributed by atoms with Crippen LogP contribution in [0.2, 0.25) is 5.02 Å². The summed E-state index contributed by atoms with van der Waals surface area (Å²) in [5.41, 5.74) is 6.65. The van der Waals surface area contributed by atoms with Gasteiger partial charge in [-0.05, 0) is 24.6 Å². The van der Waals surface area contributed by atoms with Gasteiger partial charge in [-0.25, -0.2) is 0 Å². The number of nitrogens with two attached hydrogens (primary N) is 1. The number of carbonyl (C=O) groups excluding carboxylic acids is 1. The van der Waals surface area contributed by atoms with Crippen molar-refractivity contribution in [2.24, 2.45) is 0 Å². The lowest BCUT2D eigenvalue weighted by molar-refractivity contribution is 0.0953. The van der Waals surface area contributed by atoms with Crippen LogP contribution in [0.4, 0.5) is 5.69 Å². The smallest absolute Gasteiger partial charge is 0.252 e. The molecule has 1 aromatic carbocycles. The monoisotopic (exact) mass is 282 g/mol. The van der Waals surface area contributed by atoms with Gasteiger partial charge in [0.15, 0.2) is 0 Å². The summed E-state index contributed by atoms with van der Waals surface area (Å²) < 4.78 is 0. The maximum absolute atomic E-state index is 11.9. The first-order chi connectivity index (χ1) is 9.15. The lowest BCUT2D eigenvalue weighted by Crippen LogP contribution is -2.24. The Morgan fingerprint density at radius 3 is 2.63 bits per heavy atom. The van der Waals surface area contributed by atoms with Gasteiger partial charge in [0.25, 0.3) is 5.91 Å². The molecule has 0 aliphatic heterocycles. The van der Waals surface area contributed by atoms with Crippen LogP contribution in [0.3, 0.4) is 0 Å². The topological polar surface area (TPSA) is 55.1 Å². The number of nitrogens with one attached hydrogen (secondary N) is 1. The molecule has 1 rings (SSSR count). The van der Waals surface area contributed by atoms with Crippen LogP contribution in [0.25, 0.3) is 0 Å². The third-order valence-corrected chi connectivity index (χ3v) is 3.38. The SMILES string of the molecule is CCCCCCCCNC(=O)c1cc(N)ccc1Cl. The van der Waals surface area contributed by atoms with Crippen molar-refractivity contribution in [2.45, 2.75) is 45.4 Å². The minimum absolute atomic E-state index is 0.147. The molecule has 0 radical (unpaired) electrons. The van der Waals surface area contributed by atoms with E-state index in [9.17, 15) is 4.79 Å². The van der Waals surface area contributed by atoms with Crippen molar-refractivity contribution >= 4 is 23.2 Å². The molecule has 1 aromatic rings. The Morgan fingerprint density at radius 2 is 1.89 bits per heavy atom. The summed E-state index contributed by atoms with van der Waals surface area (Å²) in [4.78, 5) is 11.9. The van der Waals surface area contributed by atoms with Gasteiger partial charge in [-0.1, -0.05) is 50.6 Å². The van der Waals surface area contributed by atoms with Crippen LogP contribution in [0, 0.1) is 0 Å². The second-order valence-corrected chi connectivity index (χ2v) is 5.17. The molecule has 3 N–H and O–H groups in total. The van der Waals surface area contributed by atoms with Crippen molar-refractivity contribution in [1.82, 2.24) is 5.32 Å². The van der Waals surface area contributed by atoms with Gasteiger partial charge in [-0.3, -0.25) is 4.79 Å². The minimum Gasteiger partial charge on any atom is -0.399 e. The van der Waals surface area contributed by atoms with Crippen molar-refractivity contribution in [1.29, 1.82) is 0 Å². The van der Waals surface area contributed by atoms with E-state index in [-0.39, 0.29) is 5.91 Å². The Balaban J connectivity index is 2.26. The number of rotatable bonds is 8. The number of unbranched alkanes of at least 4 members (excludes halogenated alkanes) is 5. The fourth-order valence-electron chi connectivity index (χ4n) is 1.92. The van der Waals surface area contributed by atoms with Crippen molar-refractivity contribution < 1.29 is 4.79 Å². The van der Waals surface area contributed by atoms with Gasteiger partial charge in [-0.2, -0.15) is 0 Å². The zero-order valence-corrected chi connectivity index (χ0v) is 12.3. The van der Waals surface area contributed by atoms with Crippen molar-refractivity contribution in [3.05, 3.63) is 28.8 Å². The third-order valence-electron chi connectivity index (χ3n) is 3.05. The summed E-state index contributed by atoms with van der Waals surface area (Å²) in [6.07, 6.45) is 7.24. The number of hydrogen-bond acceptors (Lipinski definition) is 2. The Bertz CT molecular complexity index is 407. The predicted molar refractivity (Wildman–Crippen MR) is 81.6 cm³/mol. The van der Waals surface area contributed by atoms with E-state index in [1.807, 2.05) is 0 Å². The van der Waals surface area contributed by atoms with Crippen molar-refractivity contribution in [2.75, 3.05) is 12.3 Å². The molecule has 1 amide bonds. The van der Waals surface area contributed by atoms with Gasteiger partial charge in [0.1, 0.15) is 0 Å². The molecule has 0 atom stereocenters. The summed E-state index contributed by atoms with van der Waals surface area (Å²) in [6.45, 7) is 2.89. The van der Waals surface area contributed by atoms with E-state index in [1.54, 1.807) is 18.2 Å². The first-order valence-corrected chi connectivity index (χ1v) is 7.36. The average Bonchev–Trinajstić information content (AvgIpc) is 2.40. The summed E-state index contributed by atoms with van der Waals surface area (Å²) in [5.74, 6) is -0.147. The van der Waals surface area contributed by atoms with E-state index in [0.717, 1.165) is 12.8 Å². The molecule has 0 aliphatic rings. The molecule has 0 saturated heterocycles. The maximum atomic E-state index is 11.9. The highest BCUT2D eigenvalue weighted by atomic mass is 35.5. The molecule has 19 heavy (non-hydrogen) atoms. The molecule has 0 bridgehead atoms. The zero-order valence-electron chi connectivity index (χ0n) is 11.5. The maximum Gasteiger partial charge on any atom is 0.252 e. The van der Waals surface area contributed by atoms with Gasteiger partial charge in [0.05, 0.1) is 10.6 Å². The molecule has 0 fully saturated rings. The first kappa shape index (κ1) is 15.8. The fraction of sp³-hybridized carbons (Fsp3) is 0.533. The Morgan fingerprint density at radius 1 is 1.21 bits per heavy atom. The number of halogens is 1. The number of hydrogen-bond donors (Lipinski definition) is 2. The molecular weight excluding hydrogens is 260 g/mol. The van der Waals surface area contributed by atoms with Gasteiger partial charge < -0.3 is 11.1 Å². The first-order valence-electron chi connectivity index (χ1n) is 6.98. The van der Waals surface area contributed by atoms with Crippen LogP contribution >= 0.6 is 11.6 Å². The molecule has 0 saturated carbocycles. The summed E-state index contributed by atoms with van der Waals surface area (Å²) in [7, 11) is 0. The van der Waals surface area contributed by atoms with Crippen molar-refractivity contribution in [3.63, 3.8) is 0 Å². The second kappa shape index (κ2) is 8.81. The number of amides is 1. The molecule has 0 spiro atoms. The molecule has 0 heterocycles. The summed E-state index contributed by atoms with van der Waals surface area (Å²) in [5, 5.41) is 3.32. The van der Waals surface area contributed by atoms with E-state index in [0.29, 0.717) is 22.8 Å². The molecule has 106 valence electrons. The van der Waals surface area contributed by atoms with Gasteiger partial charge >= 0.3 is 0 Å². The number of anilines is 1. The Kier molecular flexibility index (Phi) is 7.34. The summed E-state index contributed by atoms with van der Waals surface area (Å²) >= 11 is 5.97. The molecular formula is C15H23ClN2O. The lowest BCUT2D eigenvalue weighted by Gasteiger charge is -2.07. The van der Waals surface area contributed by atoms with E-state index in [4.69, 9.17) is 17.3 Å². The number of benzene rings is 1. The quantitative estimate of drug-likeness (QED) is 0.559. The lowest BCUT2D eigenvalue weighted by atomic mass is 10.1. The number of carbonyl (C=O) groups is 1. The highest BCUT2D eigenvalue weighted by molar-refractivity contribution is 6.34. The van der Waals surface area contributed by atoms with Gasteiger partial charge in [0, 0.05) is 12.2 Å². The van der Waals surface area contributed by atoms with Gasteiger partial charge in [-0.15, -0.1) is 0 Å². The zero-order chi connectivity index (χ0) is 14.1. The molecule has 0 aliphatic carbocycles. The van der Waals surface area contributed by atoms with Gasteiger partial charge in [0.2, 0.25) is 0 Å². The third kappa shape index (κ3) is 5.97. The highest BCUT2D eigenvalue weighted by Crippen LogP contribution is 2.18. The Labute approximate surface area is 120 Å². The second-order valence-electron chi connectivity index (χ2n) is 4.76. The van der Waals surface area contributed by atoms with E-state index in [2.05, 4.69) is 12.2 Å². The molecule has 0 aromatic heterocycles. The molecule has 0 unspecified atom stereocenters. The van der Waals surface area contributed by atoms with E-state index in [1.165, 1.54) is 25.7 Å². The Hall–Kier alpha value is -1.22. The normalized spacial score (nSPS) is 10.4. The van der Waals surface area contributed by atoms with E-state index >= 15 is 0 Å². The van der Waals surface area contributed by atoms with Crippen LogP contribution in [0.5, 0.6) is 0 Å². The number of nitrogen functional groups attached to an aromatic ring is 1. The van der Waals surface area contributed by atoms with E-state index < -0.39 is 0 Å². The van der Waals surface area contributed by atoms with Crippen LogP contribution in [-0.4, -0.2) is 12.5 Å². The van der Waals surface area contributed by atoms with Crippen LogP contribution < -0.4 is 11.1 Å². The minimum atomic E-state index is -0.147. The van der Waals surface area contributed by atoms with Crippen LogP contribution in [0.15, 0.2) is 18.2 Å². The summed E-state index contributed by atoms with van der Waals surface area (Å²) in [6, 6.07) is 4.95. The fourth-order valence-corrected chi connectivity index (χ4v) is 2.12. The standard InChI is InChI=1S/C15H23ClN2O/c1-2-3-4-5-6-7-10-18-15(19)13-11-12(17)8-9-14(13)16/h8-9,11H,2-7,10,17H2,1H3,(H,18,19). The van der Waals surface area contributed by atoms with Crippen LogP contribution in [-0.2, 0) is 0 Å². The predicted octanol–water partition coefficient (Wildman–Crippen LogP) is 4.01. The van der Waals surface area contributed by atoms with Crippen LogP contribution in [0.1, 0.15) is 55.8 Å². The van der Waals surface area contributed by atoms with Crippen molar-refractivity contribution in [3.8, 4) is 0 Å².